The zero-order chi connectivity index (χ0) is 19.7. The molecule has 2 unspecified atom stereocenters. The third-order valence-electron chi connectivity index (χ3n) is 4.46. The van der Waals surface area contributed by atoms with Crippen molar-refractivity contribution < 1.29 is 0 Å². The standard InChI is InChI=1S/C17H39N3.2C2H6/c1-15(2)9-13-19(7)17(4)11-14-20(8)16(3)10-12-18(5)6;2*1-2/h15-17H,9-14H2,1-8H3;2*1-2H3. The van der Waals surface area contributed by atoms with Crippen molar-refractivity contribution >= 4 is 0 Å². The fourth-order valence-electron chi connectivity index (χ4n) is 2.18. The molecule has 2 atom stereocenters. The van der Waals surface area contributed by atoms with Gasteiger partial charge in [-0.1, -0.05) is 41.5 Å². The second kappa shape index (κ2) is 19.2. The van der Waals surface area contributed by atoms with Crippen LogP contribution in [0.5, 0.6) is 0 Å². The van der Waals surface area contributed by atoms with Gasteiger partial charge in [-0.05, 0) is 86.9 Å². The number of hydrogen-bond acceptors (Lipinski definition) is 3. The van der Waals surface area contributed by atoms with Gasteiger partial charge >= 0.3 is 0 Å². The maximum Gasteiger partial charge on any atom is 0.00760 e. The summed E-state index contributed by atoms with van der Waals surface area (Å²) in [6.07, 6.45) is 3.81. The van der Waals surface area contributed by atoms with Gasteiger partial charge in [-0.25, -0.2) is 0 Å². The van der Waals surface area contributed by atoms with Crippen molar-refractivity contribution in [1.29, 1.82) is 0 Å². The van der Waals surface area contributed by atoms with Crippen LogP contribution >= 0.6 is 0 Å². The van der Waals surface area contributed by atoms with Crippen LogP contribution in [0.1, 0.15) is 74.7 Å². The minimum Gasteiger partial charge on any atom is -0.309 e. The van der Waals surface area contributed by atoms with Crippen LogP contribution in [-0.4, -0.2) is 74.6 Å². The molecule has 24 heavy (non-hydrogen) atoms. The average molecular weight is 346 g/mol. The summed E-state index contributed by atoms with van der Waals surface area (Å²) >= 11 is 0. The molecular formula is C21H51N3. The summed E-state index contributed by atoms with van der Waals surface area (Å²) in [6.45, 7) is 20.9. The highest BCUT2D eigenvalue weighted by Gasteiger charge is 2.13. The molecule has 0 aromatic carbocycles. The lowest BCUT2D eigenvalue weighted by molar-refractivity contribution is 0.181. The van der Waals surface area contributed by atoms with Crippen molar-refractivity contribution in [2.75, 3.05) is 47.8 Å². The van der Waals surface area contributed by atoms with Crippen molar-refractivity contribution in [3.05, 3.63) is 0 Å². The van der Waals surface area contributed by atoms with E-state index in [4.69, 9.17) is 0 Å². The number of rotatable bonds is 11. The zero-order valence-corrected chi connectivity index (χ0v) is 19.3. The smallest absolute Gasteiger partial charge is 0.00760 e. The minimum absolute atomic E-state index is 0.672. The first-order valence-corrected chi connectivity index (χ1v) is 10.3. The lowest BCUT2D eigenvalue weighted by Gasteiger charge is -2.30. The Morgan fingerprint density at radius 1 is 0.542 bits per heavy atom. The van der Waals surface area contributed by atoms with Crippen LogP contribution in [0.25, 0.3) is 0 Å². The Hall–Kier alpha value is -0.120. The molecule has 150 valence electrons. The first-order valence-electron chi connectivity index (χ1n) is 10.3. The highest BCUT2D eigenvalue weighted by Crippen LogP contribution is 2.09. The summed E-state index contributed by atoms with van der Waals surface area (Å²) in [7, 11) is 8.83. The van der Waals surface area contributed by atoms with Gasteiger partial charge in [-0.3, -0.25) is 0 Å². The maximum absolute atomic E-state index is 2.51. The molecule has 0 heterocycles. The van der Waals surface area contributed by atoms with E-state index in [1.54, 1.807) is 0 Å². The molecule has 3 heteroatoms. The Bertz CT molecular complexity index is 205. The Labute approximate surface area is 155 Å². The van der Waals surface area contributed by atoms with Gasteiger partial charge in [0.05, 0.1) is 0 Å². The maximum atomic E-state index is 2.51. The monoisotopic (exact) mass is 345 g/mol. The van der Waals surface area contributed by atoms with Crippen molar-refractivity contribution in [2.24, 2.45) is 5.92 Å². The molecule has 0 rings (SSSR count). The quantitative estimate of drug-likeness (QED) is 0.518. The molecule has 0 aliphatic carbocycles. The van der Waals surface area contributed by atoms with Crippen LogP contribution in [0, 0.1) is 5.92 Å². The lowest BCUT2D eigenvalue weighted by atomic mass is 10.1. The topological polar surface area (TPSA) is 9.72 Å². The summed E-state index contributed by atoms with van der Waals surface area (Å²) in [5.41, 5.74) is 0. The molecule has 0 aromatic rings. The van der Waals surface area contributed by atoms with Gasteiger partial charge in [-0.2, -0.15) is 0 Å². The molecule has 0 radical (unpaired) electrons. The lowest BCUT2D eigenvalue weighted by Crippen LogP contribution is -2.37. The highest BCUT2D eigenvalue weighted by molar-refractivity contribution is 4.70. The average Bonchev–Trinajstić information content (AvgIpc) is 2.58. The number of nitrogens with zero attached hydrogens (tertiary/aromatic N) is 3. The predicted octanol–water partition coefficient (Wildman–Crippen LogP) is 5.07. The van der Waals surface area contributed by atoms with Crippen molar-refractivity contribution in [1.82, 2.24) is 14.7 Å². The fraction of sp³-hybridized carbons (Fsp3) is 1.00. The molecular weight excluding hydrogens is 294 g/mol. The molecule has 0 bridgehead atoms. The summed E-state index contributed by atoms with van der Waals surface area (Å²) < 4.78 is 0. The summed E-state index contributed by atoms with van der Waals surface area (Å²) in [6, 6.07) is 1.35. The normalized spacial score (nSPS) is 13.5. The van der Waals surface area contributed by atoms with E-state index in [0.717, 1.165) is 5.92 Å². The van der Waals surface area contributed by atoms with E-state index >= 15 is 0 Å². The Morgan fingerprint density at radius 2 is 0.875 bits per heavy atom. The molecule has 0 N–H and O–H groups in total. The Morgan fingerprint density at radius 3 is 1.21 bits per heavy atom. The molecule has 0 saturated heterocycles. The first-order chi connectivity index (χ1) is 11.2. The van der Waals surface area contributed by atoms with Crippen LogP contribution in [0.2, 0.25) is 0 Å². The van der Waals surface area contributed by atoms with Gasteiger partial charge in [0.1, 0.15) is 0 Å². The second-order valence-corrected chi connectivity index (χ2v) is 7.22. The van der Waals surface area contributed by atoms with E-state index < -0.39 is 0 Å². The molecule has 0 fully saturated rings. The van der Waals surface area contributed by atoms with Crippen LogP contribution < -0.4 is 0 Å². The van der Waals surface area contributed by atoms with E-state index in [-0.39, 0.29) is 0 Å². The van der Waals surface area contributed by atoms with E-state index in [0.29, 0.717) is 12.1 Å². The summed E-state index contributed by atoms with van der Waals surface area (Å²) in [5, 5.41) is 0. The third kappa shape index (κ3) is 18.2. The zero-order valence-electron chi connectivity index (χ0n) is 19.3. The van der Waals surface area contributed by atoms with Gasteiger partial charge in [0.15, 0.2) is 0 Å². The van der Waals surface area contributed by atoms with E-state index in [1.165, 1.54) is 38.9 Å². The van der Waals surface area contributed by atoms with Crippen LogP contribution in [0.15, 0.2) is 0 Å². The molecule has 0 aliphatic heterocycles. The highest BCUT2D eigenvalue weighted by atomic mass is 15.2. The van der Waals surface area contributed by atoms with E-state index in [1.807, 2.05) is 27.7 Å². The van der Waals surface area contributed by atoms with E-state index in [2.05, 4.69) is 70.6 Å². The second-order valence-electron chi connectivity index (χ2n) is 7.22. The van der Waals surface area contributed by atoms with E-state index in [9.17, 15) is 0 Å². The fourth-order valence-corrected chi connectivity index (χ4v) is 2.18. The molecule has 0 saturated carbocycles. The first kappa shape index (κ1) is 28.7. The molecule has 3 nitrogen and oxygen atoms in total. The summed E-state index contributed by atoms with van der Waals surface area (Å²) in [5.74, 6) is 0.804. The molecule has 0 amide bonds. The SMILES string of the molecule is CC.CC.CC(C)CCN(C)C(C)CCN(C)C(C)CCN(C)C. The summed E-state index contributed by atoms with van der Waals surface area (Å²) in [4.78, 5) is 7.29. The number of hydrogen-bond donors (Lipinski definition) is 0. The molecule has 0 aromatic heterocycles. The van der Waals surface area contributed by atoms with Crippen LogP contribution in [-0.2, 0) is 0 Å². The van der Waals surface area contributed by atoms with Crippen molar-refractivity contribution in [2.45, 2.75) is 86.7 Å². The van der Waals surface area contributed by atoms with Crippen molar-refractivity contribution in [3.63, 3.8) is 0 Å². The van der Waals surface area contributed by atoms with Crippen LogP contribution in [0.4, 0.5) is 0 Å². The van der Waals surface area contributed by atoms with Gasteiger partial charge in [0.2, 0.25) is 0 Å². The Balaban J connectivity index is -0.00000102. The van der Waals surface area contributed by atoms with Gasteiger partial charge in [-0.15, -0.1) is 0 Å². The van der Waals surface area contributed by atoms with Crippen molar-refractivity contribution in [3.8, 4) is 0 Å². The van der Waals surface area contributed by atoms with Crippen LogP contribution in [0.3, 0.4) is 0 Å². The van der Waals surface area contributed by atoms with Gasteiger partial charge < -0.3 is 14.7 Å². The van der Waals surface area contributed by atoms with Gasteiger partial charge in [0, 0.05) is 12.1 Å². The predicted molar refractivity (Wildman–Crippen MR) is 114 cm³/mol. The molecule has 0 aliphatic rings. The van der Waals surface area contributed by atoms with Gasteiger partial charge in [0.25, 0.3) is 0 Å². The molecule has 0 spiro atoms. The largest absolute Gasteiger partial charge is 0.309 e. The third-order valence-corrected chi connectivity index (χ3v) is 4.46. The Kier molecular flexibility index (Phi) is 22.9. The minimum atomic E-state index is 0.672.